The lowest BCUT2D eigenvalue weighted by molar-refractivity contribution is 0.638. The summed E-state index contributed by atoms with van der Waals surface area (Å²) in [6.07, 6.45) is 8.73. The van der Waals surface area contributed by atoms with Crippen LogP contribution in [-0.4, -0.2) is 61.1 Å². The van der Waals surface area contributed by atoms with Crippen molar-refractivity contribution in [1.82, 2.24) is 34.9 Å². The van der Waals surface area contributed by atoms with E-state index in [0.717, 1.165) is 48.7 Å². The summed E-state index contributed by atoms with van der Waals surface area (Å²) in [6, 6.07) is 7.76. The molecule has 0 spiro atoms. The molecule has 5 rings (SSSR count). The standard InChI is InChI=1S/C18H17N9/c1-5-22-27(7-1)17-3-2-16(23-24-17)25-8-10-26(11-9-25)18-14-4-6-19-12-15(14)20-13-21-18/h1-7,12-13H,8-11H2. The zero-order valence-electron chi connectivity index (χ0n) is 14.5. The Kier molecular flexibility index (Phi) is 3.82. The minimum absolute atomic E-state index is 0.712. The molecular formula is C18H17N9. The van der Waals surface area contributed by atoms with Crippen LogP contribution < -0.4 is 9.80 Å². The van der Waals surface area contributed by atoms with Gasteiger partial charge in [0.05, 0.1) is 11.7 Å². The van der Waals surface area contributed by atoms with Crippen LogP contribution in [0.25, 0.3) is 16.7 Å². The molecular weight excluding hydrogens is 342 g/mol. The van der Waals surface area contributed by atoms with Crippen molar-refractivity contribution in [3.63, 3.8) is 0 Å². The van der Waals surface area contributed by atoms with Crippen molar-refractivity contribution in [2.75, 3.05) is 36.0 Å². The van der Waals surface area contributed by atoms with Crippen molar-refractivity contribution in [3.8, 4) is 5.82 Å². The molecule has 1 aliphatic heterocycles. The van der Waals surface area contributed by atoms with Gasteiger partial charge < -0.3 is 9.80 Å². The van der Waals surface area contributed by atoms with Crippen LogP contribution in [0.1, 0.15) is 0 Å². The van der Waals surface area contributed by atoms with E-state index >= 15 is 0 Å². The molecule has 9 heteroatoms. The third kappa shape index (κ3) is 2.92. The van der Waals surface area contributed by atoms with Crippen molar-refractivity contribution >= 4 is 22.5 Å². The summed E-state index contributed by atoms with van der Waals surface area (Å²) in [5, 5.41) is 13.9. The van der Waals surface area contributed by atoms with Gasteiger partial charge in [0.15, 0.2) is 11.6 Å². The van der Waals surface area contributed by atoms with E-state index in [0.29, 0.717) is 5.82 Å². The van der Waals surface area contributed by atoms with Crippen LogP contribution in [0, 0.1) is 0 Å². The van der Waals surface area contributed by atoms with Crippen LogP contribution in [-0.2, 0) is 0 Å². The van der Waals surface area contributed by atoms with Crippen LogP contribution in [0.15, 0.2) is 55.4 Å². The molecule has 0 atom stereocenters. The highest BCUT2D eigenvalue weighted by Gasteiger charge is 2.21. The van der Waals surface area contributed by atoms with Gasteiger partial charge >= 0.3 is 0 Å². The molecule has 0 aliphatic carbocycles. The van der Waals surface area contributed by atoms with Gasteiger partial charge in [0.25, 0.3) is 0 Å². The number of aromatic nitrogens is 7. The van der Waals surface area contributed by atoms with Crippen molar-refractivity contribution in [3.05, 3.63) is 55.4 Å². The second-order valence-corrected chi connectivity index (χ2v) is 6.26. The normalized spacial score (nSPS) is 14.7. The summed E-state index contributed by atoms with van der Waals surface area (Å²) in [5.41, 5.74) is 0.866. The molecule has 1 fully saturated rings. The van der Waals surface area contributed by atoms with Crippen molar-refractivity contribution < 1.29 is 0 Å². The zero-order valence-corrected chi connectivity index (χ0v) is 14.5. The Balaban J connectivity index is 1.31. The Labute approximate surface area is 155 Å². The Morgan fingerprint density at radius 1 is 0.815 bits per heavy atom. The van der Waals surface area contributed by atoms with E-state index in [1.165, 1.54) is 0 Å². The lowest BCUT2D eigenvalue weighted by Gasteiger charge is -2.36. The largest absolute Gasteiger partial charge is 0.352 e. The van der Waals surface area contributed by atoms with Gasteiger partial charge in [-0.15, -0.1) is 10.2 Å². The maximum Gasteiger partial charge on any atom is 0.175 e. The molecule has 0 radical (unpaired) electrons. The second kappa shape index (κ2) is 6.60. The highest BCUT2D eigenvalue weighted by molar-refractivity contribution is 5.88. The average Bonchev–Trinajstić information content (AvgIpc) is 3.29. The lowest BCUT2D eigenvalue weighted by atomic mass is 10.2. The minimum Gasteiger partial charge on any atom is -0.352 e. The fourth-order valence-corrected chi connectivity index (χ4v) is 3.31. The van der Waals surface area contributed by atoms with E-state index < -0.39 is 0 Å². The molecule has 0 N–H and O–H groups in total. The first-order chi connectivity index (χ1) is 13.4. The smallest absolute Gasteiger partial charge is 0.175 e. The minimum atomic E-state index is 0.712. The number of hydrogen-bond acceptors (Lipinski definition) is 8. The summed E-state index contributed by atoms with van der Waals surface area (Å²) in [7, 11) is 0. The molecule has 4 aromatic heterocycles. The molecule has 1 saturated heterocycles. The summed E-state index contributed by atoms with van der Waals surface area (Å²) in [5.74, 6) is 2.55. The molecule has 27 heavy (non-hydrogen) atoms. The van der Waals surface area contributed by atoms with Crippen molar-refractivity contribution in [2.45, 2.75) is 0 Å². The molecule has 134 valence electrons. The average molecular weight is 359 g/mol. The van der Waals surface area contributed by atoms with Gasteiger partial charge in [-0.1, -0.05) is 0 Å². The van der Waals surface area contributed by atoms with E-state index in [2.05, 4.69) is 40.0 Å². The first-order valence-electron chi connectivity index (χ1n) is 8.77. The van der Waals surface area contributed by atoms with E-state index in [1.807, 2.05) is 30.5 Å². The number of pyridine rings is 1. The maximum absolute atomic E-state index is 4.50. The molecule has 5 heterocycles. The summed E-state index contributed by atoms with van der Waals surface area (Å²) >= 11 is 0. The number of fused-ring (bicyclic) bond motifs is 1. The quantitative estimate of drug-likeness (QED) is 0.541. The number of nitrogens with zero attached hydrogens (tertiary/aromatic N) is 9. The van der Waals surface area contributed by atoms with E-state index in [4.69, 9.17) is 0 Å². The van der Waals surface area contributed by atoms with Crippen LogP contribution >= 0.6 is 0 Å². The van der Waals surface area contributed by atoms with Crippen molar-refractivity contribution in [2.24, 2.45) is 0 Å². The Hall–Kier alpha value is -3.62. The molecule has 1 aliphatic rings. The van der Waals surface area contributed by atoms with Crippen LogP contribution in [0.5, 0.6) is 0 Å². The van der Waals surface area contributed by atoms with Gasteiger partial charge in [-0.25, -0.2) is 14.6 Å². The zero-order chi connectivity index (χ0) is 18.1. The third-order valence-electron chi connectivity index (χ3n) is 4.70. The predicted octanol–water partition coefficient (Wildman–Crippen LogP) is 1.33. The second-order valence-electron chi connectivity index (χ2n) is 6.26. The lowest BCUT2D eigenvalue weighted by Crippen LogP contribution is -2.47. The summed E-state index contributed by atoms with van der Waals surface area (Å²) in [4.78, 5) is 17.5. The van der Waals surface area contributed by atoms with Gasteiger partial charge in [0.2, 0.25) is 0 Å². The molecule has 0 amide bonds. The molecule has 0 saturated carbocycles. The topological polar surface area (TPSA) is 88.8 Å². The van der Waals surface area contributed by atoms with Gasteiger partial charge in [-0.2, -0.15) is 5.10 Å². The SMILES string of the molecule is c1cnn(-c2ccc(N3CCN(c4ncnc5cnccc45)CC3)nn2)c1. The molecule has 0 bridgehead atoms. The van der Waals surface area contributed by atoms with E-state index in [1.54, 1.807) is 29.6 Å². The predicted molar refractivity (Wildman–Crippen MR) is 101 cm³/mol. The van der Waals surface area contributed by atoms with Gasteiger partial charge in [-0.3, -0.25) is 4.98 Å². The van der Waals surface area contributed by atoms with Crippen LogP contribution in [0.3, 0.4) is 0 Å². The molecule has 9 nitrogen and oxygen atoms in total. The molecule has 4 aromatic rings. The van der Waals surface area contributed by atoms with Gasteiger partial charge in [-0.05, 0) is 24.3 Å². The third-order valence-corrected chi connectivity index (χ3v) is 4.70. The Morgan fingerprint density at radius 3 is 2.41 bits per heavy atom. The van der Waals surface area contributed by atoms with Gasteiger partial charge in [0.1, 0.15) is 12.1 Å². The Morgan fingerprint density at radius 2 is 1.63 bits per heavy atom. The number of anilines is 2. The molecule has 0 aromatic carbocycles. The number of hydrogen-bond donors (Lipinski definition) is 0. The van der Waals surface area contributed by atoms with E-state index in [9.17, 15) is 0 Å². The fourth-order valence-electron chi connectivity index (χ4n) is 3.31. The summed E-state index contributed by atoms with van der Waals surface area (Å²) in [6.45, 7) is 3.42. The molecule has 0 unspecified atom stereocenters. The van der Waals surface area contributed by atoms with Crippen LogP contribution in [0.4, 0.5) is 11.6 Å². The number of rotatable bonds is 3. The van der Waals surface area contributed by atoms with Crippen molar-refractivity contribution in [1.29, 1.82) is 0 Å². The number of piperazine rings is 1. The Bertz CT molecular complexity index is 1030. The highest BCUT2D eigenvalue weighted by atomic mass is 15.4. The first-order valence-corrected chi connectivity index (χ1v) is 8.77. The maximum atomic E-state index is 4.50. The highest BCUT2D eigenvalue weighted by Crippen LogP contribution is 2.24. The van der Waals surface area contributed by atoms with E-state index in [-0.39, 0.29) is 0 Å². The van der Waals surface area contributed by atoms with Crippen LogP contribution in [0.2, 0.25) is 0 Å². The monoisotopic (exact) mass is 359 g/mol. The summed E-state index contributed by atoms with van der Waals surface area (Å²) < 4.78 is 1.70. The van der Waals surface area contributed by atoms with Gasteiger partial charge in [0, 0.05) is 50.2 Å². The fraction of sp³-hybridized carbons (Fsp3) is 0.222. The first kappa shape index (κ1) is 15.6.